The zero-order valence-corrected chi connectivity index (χ0v) is 18.5. The Bertz CT molecular complexity index is 1110. The second-order valence-electron chi connectivity index (χ2n) is 8.11. The molecule has 0 saturated heterocycles. The van der Waals surface area contributed by atoms with Gasteiger partial charge >= 0.3 is 5.97 Å². The molecule has 0 spiro atoms. The van der Waals surface area contributed by atoms with Crippen LogP contribution >= 0.6 is 0 Å². The minimum absolute atomic E-state index is 0.0118. The van der Waals surface area contributed by atoms with Crippen LogP contribution in [-0.4, -0.2) is 30.6 Å². The van der Waals surface area contributed by atoms with Gasteiger partial charge in [-0.15, -0.1) is 0 Å². The lowest BCUT2D eigenvalue weighted by atomic mass is 9.71. The van der Waals surface area contributed by atoms with E-state index in [4.69, 9.17) is 9.47 Å². The molecular formula is C26H27NO5. The second kappa shape index (κ2) is 8.91. The number of allylic oxidation sites excluding steroid dienone is 3. The fraction of sp³-hybridized carbons (Fsp3) is 0.308. The first-order valence-corrected chi connectivity index (χ1v) is 10.8. The number of phenolic OH excluding ortho intramolecular Hbond substituents is 1. The number of carbonyl (C=O) groups excluding carboxylic acids is 2. The van der Waals surface area contributed by atoms with Gasteiger partial charge in [0.2, 0.25) is 0 Å². The van der Waals surface area contributed by atoms with Gasteiger partial charge < -0.3 is 19.9 Å². The monoisotopic (exact) mass is 433 g/mol. The van der Waals surface area contributed by atoms with Gasteiger partial charge in [-0.3, -0.25) is 4.79 Å². The Morgan fingerprint density at radius 2 is 1.88 bits per heavy atom. The Kier molecular flexibility index (Phi) is 6.04. The number of dihydropyridines is 1. The lowest BCUT2D eigenvalue weighted by molar-refractivity contribution is -0.138. The number of esters is 1. The van der Waals surface area contributed by atoms with E-state index >= 15 is 0 Å². The molecule has 0 amide bonds. The standard InChI is InChI=1S/C26H27NO5/c1-4-32-26(30)23-15(2)27-21-13-18(16-8-10-20(31-3)11-9-16)14-22(29)25(21)24(23)17-6-5-7-19(28)12-17/h5-12,18,24,27-28H,4,13-14H2,1-3H3/t18-,24+/m0/s1. The summed E-state index contributed by atoms with van der Waals surface area (Å²) in [4.78, 5) is 26.4. The summed E-state index contributed by atoms with van der Waals surface area (Å²) >= 11 is 0. The summed E-state index contributed by atoms with van der Waals surface area (Å²) in [5.74, 6) is -0.162. The number of phenols is 1. The maximum absolute atomic E-state index is 13.5. The molecule has 32 heavy (non-hydrogen) atoms. The topological polar surface area (TPSA) is 84.9 Å². The maximum atomic E-state index is 13.5. The van der Waals surface area contributed by atoms with E-state index in [1.54, 1.807) is 32.2 Å². The normalized spacial score (nSPS) is 20.5. The molecule has 2 aliphatic rings. The predicted octanol–water partition coefficient (Wildman–Crippen LogP) is 4.33. The molecule has 0 saturated carbocycles. The highest BCUT2D eigenvalue weighted by molar-refractivity contribution is 6.04. The first-order chi connectivity index (χ1) is 15.4. The van der Waals surface area contributed by atoms with Crippen molar-refractivity contribution in [3.05, 3.63) is 82.2 Å². The molecule has 4 rings (SSSR count). The molecule has 2 atom stereocenters. The molecule has 6 nitrogen and oxygen atoms in total. The van der Waals surface area contributed by atoms with Crippen molar-refractivity contribution in [3.63, 3.8) is 0 Å². The molecule has 2 N–H and O–H groups in total. The average Bonchev–Trinajstić information content (AvgIpc) is 2.78. The van der Waals surface area contributed by atoms with Gasteiger partial charge in [-0.1, -0.05) is 24.3 Å². The zero-order chi connectivity index (χ0) is 22.8. The molecule has 1 aliphatic heterocycles. The van der Waals surface area contributed by atoms with Crippen molar-refractivity contribution in [2.75, 3.05) is 13.7 Å². The summed E-state index contributed by atoms with van der Waals surface area (Å²) in [6.07, 6.45) is 0.994. The van der Waals surface area contributed by atoms with Crippen LogP contribution in [0.25, 0.3) is 0 Å². The molecule has 0 unspecified atom stereocenters. The SMILES string of the molecule is CCOC(=O)C1=C(C)NC2=C(C(=O)C[C@@H](c3ccc(OC)cc3)C2)[C@@H]1c1cccc(O)c1. The molecule has 0 bridgehead atoms. The van der Waals surface area contributed by atoms with E-state index in [2.05, 4.69) is 5.32 Å². The summed E-state index contributed by atoms with van der Waals surface area (Å²) < 4.78 is 10.6. The Morgan fingerprint density at radius 3 is 2.53 bits per heavy atom. The lowest BCUT2D eigenvalue weighted by Gasteiger charge is -2.36. The highest BCUT2D eigenvalue weighted by Crippen LogP contribution is 2.46. The average molecular weight is 434 g/mol. The molecule has 0 aromatic heterocycles. The largest absolute Gasteiger partial charge is 0.508 e. The maximum Gasteiger partial charge on any atom is 0.336 e. The molecule has 6 heteroatoms. The van der Waals surface area contributed by atoms with Gasteiger partial charge in [-0.25, -0.2) is 4.79 Å². The number of aromatic hydroxyl groups is 1. The molecule has 1 heterocycles. The molecular weight excluding hydrogens is 406 g/mol. The first kappa shape index (κ1) is 21.7. The van der Waals surface area contributed by atoms with Crippen LogP contribution in [0.2, 0.25) is 0 Å². The minimum Gasteiger partial charge on any atom is -0.508 e. The molecule has 1 aliphatic carbocycles. The second-order valence-corrected chi connectivity index (χ2v) is 8.11. The van der Waals surface area contributed by atoms with Gasteiger partial charge in [0.15, 0.2) is 5.78 Å². The van der Waals surface area contributed by atoms with Crippen molar-refractivity contribution in [3.8, 4) is 11.5 Å². The first-order valence-electron chi connectivity index (χ1n) is 10.8. The minimum atomic E-state index is -0.582. The van der Waals surface area contributed by atoms with Crippen molar-refractivity contribution in [2.24, 2.45) is 0 Å². The van der Waals surface area contributed by atoms with Gasteiger partial charge in [-0.2, -0.15) is 0 Å². The third kappa shape index (κ3) is 4.00. The number of hydrogen-bond acceptors (Lipinski definition) is 6. The van der Waals surface area contributed by atoms with Gasteiger partial charge in [0, 0.05) is 29.3 Å². The van der Waals surface area contributed by atoms with Gasteiger partial charge in [0.05, 0.1) is 19.3 Å². The van der Waals surface area contributed by atoms with Crippen molar-refractivity contribution < 1.29 is 24.2 Å². The Morgan fingerprint density at radius 1 is 1.12 bits per heavy atom. The van der Waals surface area contributed by atoms with Gasteiger partial charge in [0.1, 0.15) is 11.5 Å². The van der Waals surface area contributed by atoms with Gasteiger partial charge in [0.25, 0.3) is 0 Å². The number of rotatable bonds is 5. The van der Waals surface area contributed by atoms with Crippen molar-refractivity contribution in [2.45, 2.75) is 38.5 Å². The fourth-order valence-electron chi connectivity index (χ4n) is 4.67. The molecule has 2 aromatic carbocycles. The Hall–Kier alpha value is -3.54. The highest BCUT2D eigenvalue weighted by atomic mass is 16.5. The molecule has 0 fully saturated rings. The van der Waals surface area contributed by atoms with E-state index in [9.17, 15) is 14.7 Å². The van der Waals surface area contributed by atoms with Crippen LogP contribution in [-0.2, 0) is 14.3 Å². The number of nitrogens with one attached hydrogen (secondary N) is 1. The molecule has 166 valence electrons. The van der Waals surface area contributed by atoms with E-state index in [-0.39, 0.29) is 24.1 Å². The summed E-state index contributed by atoms with van der Waals surface area (Å²) in [6.45, 7) is 3.82. The number of carbonyl (C=O) groups is 2. The fourth-order valence-corrected chi connectivity index (χ4v) is 4.67. The zero-order valence-electron chi connectivity index (χ0n) is 18.5. The summed E-state index contributed by atoms with van der Waals surface area (Å²) in [7, 11) is 1.62. The van der Waals surface area contributed by atoms with Crippen molar-refractivity contribution in [1.82, 2.24) is 5.32 Å². The summed E-state index contributed by atoms with van der Waals surface area (Å²) in [6, 6.07) is 14.5. The van der Waals surface area contributed by atoms with Crippen molar-refractivity contribution >= 4 is 11.8 Å². The number of methoxy groups -OCH3 is 1. The number of ketones is 1. The van der Waals surface area contributed by atoms with Gasteiger partial charge in [-0.05, 0) is 61.6 Å². The number of benzene rings is 2. The number of hydrogen-bond donors (Lipinski definition) is 2. The van der Waals surface area contributed by atoms with Crippen LogP contribution in [0.1, 0.15) is 49.7 Å². The van der Waals surface area contributed by atoms with E-state index < -0.39 is 11.9 Å². The van der Waals surface area contributed by atoms with Crippen LogP contribution in [0.4, 0.5) is 0 Å². The molecule has 2 aromatic rings. The number of Topliss-reactive ketones (excluding diaryl/α,β-unsaturated/α-hetero) is 1. The summed E-state index contributed by atoms with van der Waals surface area (Å²) in [5, 5.41) is 13.4. The third-order valence-corrected chi connectivity index (χ3v) is 6.11. The van der Waals surface area contributed by atoms with E-state index in [1.165, 1.54) is 0 Å². The van der Waals surface area contributed by atoms with Crippen LogP contribution < -0.4 is 10.1 Å². The highest BCUT2D eigenvalue weighted by Gasteiger charge is 2.41. The Labute approximate surface area is 187 Å². The van der Waals surface area contributed by atoms with Crippen LogP contribution in [0.15, 0.2) is 71.1 Å². The number of ether oxygens (including phenoxy) is 2. The quantitative estimate of drug-likeness (QED) is 0.683. The lowest BCUT2D eigenvalue weighted by Crippen LogP contribution is -2.36. The van der Waals surface area contributed by atoms with E-state index in [1.807, 2.05) is 37.3 Å². The molecule has 0 radical (unpaired) electrons. The van der Waals surface area contributed by atoms with Crippen molar-refractivity contribution in [1.29, 1.82) is 0 Å². The predicted molar refractivity (Wildman–Crippen MR) is 120 cm³/mol. The third-order valence-electron chi connectivity index (χ3n) is 6.11. The summed E-state index contributed by atoms with van der Waals surface area (Å²) in [5.41, 5.74) is 4.23. The Balaban J connectivity index is 1.77. The smallest absolute Gasteiger partial charge is 0.336 e. The van der Waals surface area contributed by atoms with E-state index in [0.717, 1.165) is 17.0 Å². The van der Waals surface area contributed by atoms with Crippen LogP contribution in [0.3, 0.4) is 0 Å². The van der Waals surface area contributed by atoms with Crippen LogP contribution in [0, 0.1) is 0 Å². The van der Waals surface area contributed by atoms with Crippen LogP contribution in [0.5, 0.6) is 11.5 Å². The van der Waals surface area contributed by atoms with E-state index in [0.29, 0.717) is 35.2 Å².